The van der Waals surface area contributed by atoms with E-state index in [0.717, 1.165) is 45.2 Å². The molecule has 2 fully saturated rings. The van der Waals surface area contributed by atoms with Crippen molar-refractivity contribution >= 4 is 11.8 Å². The number of hydrogen-bond acceptors (Lipinski definition) is 2. The summed E-state index contributed by atoms with van der Waals surface area (Å²) < 4.78 is 0. The molecule has 0 aromatic heterocycles. The smallest absolute Gasteiger partial charge is 0.242 e. The lowest BCUT2D eigenvalue weighted by molar-refractivity contribution is -0.144. The second kappa shape index (κ2) is 6.95. The average molecular weight is 300 g/mol. The van der Waals surface area contributed by atoms with Gasteiger partial charge < -0.3 is 9.80 Å². The Labute approximate surface area is 132 Å². The normalized spacial score (nSPS) is 22.7. The SMILES string of the molecule is O=C1CCCCN1CC(=O)N1CCCC[C@H]1c1ccccc1. The molecule has 22 heavy (non-hydrogen) atoms. The molecule has 2 aliphatic rings. The van der Waals surface area contributed by atoms with Crippen LogP contribution in [0.2, 0.25) is 0 Å². The summed E-state index contributed by atoms with van der Waals surface area (Å²) in [6.45, 7) is 1.79. The molecule has 2 aliphatic heterocycles. The molecule has 2 saturated heterocycles. The van der Waals surface area contributed by atoms with Crippen molar-refractivity contribution in [1.29, 1.82) is 0 Å². The molecule has 1 atom stereocenters. The van der Waals surface area contributed by atoms with Crippen LogP contribution >= 0.6 is 0 Å². The van der Waals surface area contributed by atoms with Crippen LogP contribution in [-0.2, 0) is 9.59 Å². The van der Waals surface area contributed by atoms with Gasteiger partial charge in [-0.2, -0.15) is 0 Å². The van der Waals surface area contributed by atoms with E-state index >= 15 is 0 Å². The first-order valence-corrected chi connectivity index (χ1v) is 8.38. The van der Waals surface area contributed by atoms with Crippen LogP contribution in [0.4, 0.5) is 0 Å². The Balaban J connectivity index is 1.70. The number of likely N-dealkylation sites (tertiary alicyclic amines) is 2. The van der Waals surface area contributed by atoms with E-state index in [0.29, 0.717) is 6.42 Å². The number of rotatable bonds is 3. The number of amides is 2. The third-order valence-corrected chi connectivity index (χ3v) is 4.75. The van der Waals surface area contributed by atoms with Gasteiger partial charge in [0, 0.05) is 19.5 Å². The number of carbonyl (C=O) groups is 2. The highest BCUT2D eigenvalue weighted by Crippen LogP contribution is 2.31. The Bertz CT molecular complexity index is 529. The van der Waals surface area contributed by atoms with Gasteiger partial charge in [0.2, 0.25) is 11.8 Å². The third kappa shape index (κ3) is 3.32. The maximum atomic E-state index is 12.7. The first-order valence-electron chi connectivity index (χ1n) is 8.38. The molecule has 0 saturated carbocycles. The van der Waals surface area contributed by atoms with Gasteiger partial charge in [0.05, 0.1) is 12.6 Å². The monoisotopic (exact) mass is 300 g/mol. The minimum Gasteiger partial charge on any atom is -0.334 e. The highest BCUT2D eigenvalue weighted by molar-refractivity contribution is 5.85. The molecule has 3 rings (SSSR count). The zero-order valence-corrected chi connectivity index (χ0v) is 13.0. The third-order valence-electron chi connectivity index (χ3n) is 4.75. The number of hydrogen-bond donors (Lipinski definition) is 0. The lowest BCUT2D eigenvalue weighted by Gasteiger charge is -2.38. The van der Waals surface area contributed by atoms with Gasteiger partial charge in [0.15, 0.2) is 0 Å². The summed E-state index contributed by atoms with van der Waals surface area (Å²) in [5.74, 6) is 0.233. The van der Waals surface area contributed by atoms with Gasteiger partial charge >= 0.3 is 0 Å². The van der Waals surface area contributed by atoms with Crippen LogP contribution in [0.15, 0.2) is 30.3 Å². The minimum absolute atomic E-state index is 0.101. The summed E-state index contributed by atoms with van der Waals surface area (Å²) in [5, 5.41) is 0. The topological polar surface area (TPSA) is 40.6 Å². The van der Waals surface area contributed by atoms with E-state index in [9.17, 15) is 9.59 Å². The maximum absolute atomic E-state index is 12.7. The van der Waals surface area contributed by atoms with E-state index in [1.54, 1.807) is 4.90 Å². The zero-order chi connectivity index (χ0) is 15.4. The van der Waals surface area contributed by atoms with Crippen LogP contribution in [0.5, 0.6) is 0 Å². The number of carbonyl (C=O) groups excluding carboxylic acids is 2. The summed E-state index contributed by atoms with van der Waals surface area (Å²) in [4.78, 5) is 28.4. The van der Waals surface area contributed by atoms with Crippen molar-refractivity contribution in [2.45, 2.75) is 44.6 Å². The molecular weight excluding hydrogens is 276 g/mol. The Morgan fingerprint density at radius 2 is 1.82 bits per heavy atom. The van der Waals surface area contributed by atoms with Crippen LogP contribution in [-0.4, -0.2) is 41.2 Å². The van der Waals surface area contributed by atoms with E-state index in [4.69, 9.17) is 0 Å². The standard InChI is InChI=1S/C18H24N2O2/c21-17-11-5-6-12-19(17)14-18(22)20-13-7-4-10-16(20)15-8-2-1-3-9-15/h1-3,8-9,16H,4-7,10-14H2/t16-/m0/s1. The van der Waals surface area contributed by atoms with Gasteiger partial charge in [0.1, 0.15) is 0 Å². The molecule has 118 valence electrons. The first-order chi connectivity index (χ1) is 10.8. The van der Waals surface area contributed by atoms with Crippen molar-refractivity contribution in [1.82, 2.24) is 9.80 Å². The van der Waals surface area contributed by atoms with Crippen LogP contribution in [0, 0.1) is 0 Å². The lowest BCUT2D eigenvalue weighted by atomic mass is 9.95. The van der Waals surface area contributed by atoms with Crippen LogP contribution in [0.1, 0.15) is 50.1 Å². The van der Waals surface area contributed by atoms with Crippen LogP contribution in [0.25, 0.3) is 0 Å². The number of benzene rings is 1. The Morgan fingerprint density at radius 1 is 1.05 bits per heavy atom. The predicted molar refractivity (Wildman–Crippen MR) is 85.2 cm³/mol. The largest absolute Gasteiger partial charge is 0.334 e. The Morgan fingerprint density at radius 3 is 2.59 bits per heavy atom. The molecule has 2 amide bonds. The van der Waals surface area contributed by atoms with E-state index in [2.05, 4.69) is 12.1 Å². The highest BCUT2D eigenvalue weighted by atomic mass is 16.2. The number of piperidine rings is 2. The van der Waals surface area contributed by atoms with Gasteiger partial charge in [0.25, 0.3) is 0 Å². The fraction of sp³-hybridized carbons (Fsp3) is 0.556. The summed E-state index contributed by atoms with van der Waals surface area (Å²) in [7, 11) is 0. The molecule has 0 spiro atoms. The zero-order valence-electron chi connectivity index (χ0n) is 13.0. The minimum atomic E-state index is 0.101. The summed E-state index contributed by atoms with van der Waals surface area (Å²) in [5.41, 5.74) is 1.21. The van der Waals surface area contributed by atoms with Crippen molar-refractivity contribution < 1.29 is 9.59 Å². The first kappa shape index (κ1) is 15.1. The summed E-state index contributed by atoms with van der Waals surface area (Å²) in [6.07, 6.45) is 5.80. The molecule has 0 radical (unpaired) electrons. The molecule has 2 heterocycles. The maximum Gasteiger partial charge on any atom is 0.242 e. The van der Waals surface area contributed by atoms with Crippen LogP contribution < -0.4 is 0 Å². The Hall–Kier alpha value is -1.84. The van der Waals surface area contributed by atoms with Gasteiger partial charge in [-0.25, -0.2) is 0 Å². The van der Waals surface area contributed by atoms with Crippen molar-refractivity contribution in [3.63, 3.8) is 0 Å². The molecule has 0 bridgehead atoms. The fourth-order valence-corrected chi connectivity index (χ4v) is 3.53. The second-order valence-corrected chi connectivity index (χ2v) is 6.28. The molecular formula is C18H24N2O2. The van der Waals surface area contributed by atoms with Crippen molar-refractivity contribution in [3.8, 4) is 0 Å². The molecule has 0 N–H and O–H groups in total. The van der Waals surface area contributed by atoms with E-state index in [1.807, 2.05) is 23.1 Å². The average Bonchev–Trinajstić information content (AvgIpc) is 2.58. The summed E-state index contributed by atoms with van der Waals surface area (Å²) >= 11 is 0. The number of nitrogens with zero attached hydrogens (tertiary/aromatic N) is 2. The highest BCUT2D eigenvalue weighted by Gasteiger charge is 2.30. The van der Waals surface area contributed by atoms with Gasteiger partial charge in [-0.1, -0.05) is 30.3 Å². The van der Waals surface area contributed by atoms with Crippen LogP contribution in [0.3, 0.4) is 0 Å². The molecule has 0 aliphatic carbocycles. The second-order valence-electron chi connectivity index (χ2n) is 6.28. The summed E-state index contributed by atoms with van der Waals surface area (Å²) in [6, 6.07) is 10.4. The predicted octanol–water partition coefficient (Wildman–Crippen LogP) is 2.75. The molecule has 0 unspecified atom stereocenters. The Kier molecular flexibility index (Phi) is 4.76. The van der Waals surface area contributed by atoms with Gasteiger partial charge in [-0.15, -0.1) is 0 Å². The van der Waals surface area contributed by atoms with Gasteiger partial charge in [-0.05, 0) is 37.7 Å². The van der Waals surface area contributed by atoms with E-state index < -0.39 is 0 Å². The van der Waals surface area contributed by atoms with E-state index in [-0.39, 0.29) is 24.4 Å². The van der Waals surface area contributed by atoms with Crippen molar-refractivity contribution in [2.24, 2.45) is 0 Å². The van der Waals surface area contributed by atoms with E-state index in [1.165, 1.54) is 5.56 Å². The molecule has 1 aromatic carbocycles. The van der Waals surface area contributed by atoms with Gasteiger partial charge in [-0.3, -0.25) is 9.59 Å². The molecule has 4 nitrogen and oxygen atoms in total. The fourth-order valence-electron chi connectivity index (χ4n) is 3.53. The molecule has 4 heteroatoms. The molecule has 1 aromatic rings. The van der Waals surface area contributed by atoms with Crippen molar-refractivity contribution in [3.05, 3.63) is 35.9 Å². The quantitative estimate of drug-likeness (QED) is 0.861. The lowest BCUT2D eigenvalue weighted by Crippen LogP contribution is -2.47. The van der Waals surface area contributed by atoms with Crippen molar-refractivity contribution in [2.75, 3.05) is 19.6 Å².